The number of aromatic amines is 1. The van der Waals surface area contributed by atoms with Gasteiger partial charge in [0.15, 0.2) is 5.69 Å². The summed E-state index contributed by atoms with van der Waals surface area (Å²) in [6, 6.07) is 0.389. The molecule has 6 heteroatoms. The molecule has 1 atom stereocenters. The Morgan fingerprint density at radius 2 is 2.32 bits per heavy atom. The third-order valence-corrected chi connectivity index (χ3v) is 4.43. The van der Waals surface area contributed by atoms with E-state index in [1.54, 1.807) is 0 Å². The second-order valence-electron chi connectivity index (χ2n) is 5.33. The molecule has 2 N–H and O–H groups in total. The van der Waals surface area contributed by atoms with Gasteiger partial charge < -0.3 is 10.2 Å². The van der Waals surface area contributed by atoms with E-state index >= 15 is 0 Å². The number of nitrogens with one attached hydrogen (secondary N) is 2. The van der Waals surface area contributed by atoms with E-state index in [1.165, 1.54) is 0 Å². The van der Waals surface area contributed by atoms with E-state index in [0.29, 0.717) is 17.7 Å². The summed E-state index contributed by atoms with van der Waals surface area (Å²) in [5, 5.41) is 10.4. The van der Waals surface area contributed by atoms with E-state index in [4.69, 9.17) is 0 Å². The molecule has 1 aliphatic heterocycles. The fourth-order valence-electron chi connectivity index (χ4n) is 2.41. The molecule has 1 aromatic heterocycles. The van der Waals surface area contributed by atoms with Gasteiger partial charge in [-0.25, -0.2) is 0 Å². The molecule has 0 bridgehead atoms. The van der Waals surface area contributed by atoms with Crippen molar-refractivity contribution in [1.82, 2.24) is 20.4 Å². The minimum Gasteiger partial charge on any atom is -0.336 e. The zero-order valence-corrected chi connectivity index (χ0v) is 13.2. The Labute approximate surface area is 122 Å². The molecule has 1 aliphatic rings. The first kappa shape index (κ1) is 14.5. The molecular formula is C13H21BrN4O. The number of likely N-dealkylation sites (tertiary alicyclic amines) is 1. The molecule has 2 heterocycles. The Balaban J connectivity index is 2.15. The average Bonchev–Trinajstić information content (AvgIpc) is 2.80. The van der Waals surface area contributed by atoms with Crippen LogP contribution in [0.3, 0.4) is 0 Å². The van der Waals surface area contributed by atoms with Crippen molar-refractivity contribution in [3.8, 4) is 0 Å². The Morgan fingerprint density at radius 1 is 1.58 bits per heavy atom. The SMILES string of the molecule is CN[C@@H]1CCCN(C(=O)c2n[nH]c(C(C)C)c2Br)C1. The fraction of sp³-hybridized carbons (Fsp3) is 0.692. The van der Waals surface area contributed by atoms with Crippen molar-refractivity contribution in [3.05, 3.63) is 15.9 Å². The number of carbonyl (C=O) groups excluding carboxylic acids is 1. The van der Waals surface area contributed by atoms with Crippen LogP contribution in [0, 0.1) is 0 Å². The summed E-state index contributed by atoms with van der Waals surface area (Å²) in [6.45, 7) is 5.72. The van der Waals surface area contributed by atoms with E-state index in [1.807, 2.05) is 11.9 Å². The molecule has 2 rings (SSSR count). The van der Waals surface area contributed by atoms with Crippen LogP contribution in [0.25, 0.3) is 0 Å². The number of halogens is 1. The monoisotopic (exact) mass is 328 g/mol. The fourth-order valence-corrected chi connectivity index (χ4v) is 3.22. The van der Waals surface area contributed by atoms with Crippen molar-refractivity contribution in [1.29, 1.82) is 0 Å². The molecule has 106 valence electrons. The van der Waals surface area contributed by atoms with E-state index in [9.17, 15) is 4.79 Å². The number of hydrogen-bond acceptors (Lipinski definition) is 3. The maximum Gasteiger partial charge on any atom is 0.275 e. The highest BCUT2D eigenvalue weighted by molar-refractivity contribution is 9.10. The van der Waals surface area contributed by atoms with Crippen LogP contribution >= 0.6 is 15.9 Å². The maximum absolute atomic E-state index is 12.5. The van der Waals surface area contributed by atoms with Crippen LogP contribution in [-0.4, -0.2) is 47.2 Å². The van der Waals surface area contributed by atoms with Gasteiger partial charge in [0.05, 0.1) is 10.2 Å². The highest BCUT2D eigenvalue weighted by Gasteiger charge is 2.27. The minimum absolute atomic E-state index is 0.00924. The third-order valence-electron chi connectivity index (χ3n) is 3.63. The summed E-state index contributed by atoms with van der Waals surface area (Å²) in [6.07, 6.45) is 2.16. The molecule has 1 fully saturated rings. The molecule has 1 aromatic rings. The van der Waals surface area contributed by atoms with Crippen LogP contribution in [-0.2, 0) is 0 Å². The van der Waals surface area contributed by atoms with Crippen molar-refractivity contribution in [3.63, 3.8) is 0 Å². The summed E-state index contributed by atoms with van der Waals surface area (Å²) in [7, 11) is 1.94. The maximum atomic E-state index is 12.5. The number of rotatable bonds is 3. The molecule has 19 heavy (non-hydrogen) atoms. The molecule has 0 radical (unpaired) electrons. The number of nitrogens with zero attached hydrogens (tertiary/aromatic N) is 2. The molecule has 0 saturated carbocycles. The average molecular weight is 329 g/mol. The molecule has 5 nitrogen and oxygen atoms in total. The lowest BCUT2D eigenvalue weighted by Gasteiger charge is -2.32. The Kier molecular flexibility index (Phi) is 4.62. The summed E-state index contributed by atoms with van der Waals surface area (Å²) in [5.41, 5.74) is 1.48. The van der Waals surface area contributed by atoms with Crippen molar-refractivity contribution < 1.29 is 4.79 Å². The highest BCUT2D eigenvalue weighted by atomic mass is 79.9. The Hall–Kier alpha value is -0.880. The van der Waals surface area contributed by atoms with Crippen molar-refractivity contribution >= 4 is 21.8 Å². The molecule has 0 aromatic carbocycles. The van der Waals surface area contributed by atoms with Crippen LogP contribution in [0.4, 0.5) is 0 Å². The predicted octanol–water partition coefficient (Wildman–Crippen LogP) is 2.12. The van der Waals surface area contributed by atoms with Gasteiger partial charge in [0.25, 0.3) is 5.91 Å². The first-order chi connectivity index (χ1) is 9.04. The summed E-state index contributed by atoms with van der Waals surface area (Å²) >= 11 is 3.49. The number of amides is 1. The molecule has 0 aliphatic carbocycles. The Morgan fingerprint density at radius 3 is 2.89 bits per heavy atom. The lowest BCUT2D eigenvalue weighted by molar-refractivity contribution is 0.0691. The Bertz CT molecular complexity index is 457. The smallest absolute Gasteiger partial charge is 0.275 e. The lowest BCUT2D eigenvalue weighted by atomic mass is 10.1. The van der Waals surface area contributed by atoms with Crippen molar-refractivity contribution in [2.45, 2.75) is 38.6 Å². The normalized spacial score (nSPS) is 20.1. The van der Waals surface area contributed by atoms with Crippen molar-refractivity contribution in [2.24, 2.45) is 0 Å². The van der Waals surface area contributed by atoms with Crippen LogP contribution < -0.4 is 5.32 Å². The summed E-state index contributed by atoms with van der Waals surface area (Å²) in [4.78, 5) is 14.4. The third kappa shape index (κ3) is 3.00. The quantitative estimate of drug-likeness (QED) is 0.893. The molecular weight excluding hydrogens is 308 g/mol. The van der Waals surface area contributed by atoms with Gasteiger partial charge in [-0.15, -0.1) is 0 Å². The molecule has 1 amide bonds. The summed E-state index contributed by atoms with van der Waals surface area (Å²) in [5.74, 6) is 0.324. The van der Waals surface area contributed by atoms with Crippen molar-refractivity contribution in [2.75, 3.05) is 20.1 Å². The van der Waals surface area contributed by atoms with E-state index in [0.717, 1.165) is 36.1 Å². The van der Waals surface area contributed by atoms with E-state index < -0.39 is 0 Å². The highest BCUT2D eigenvalue weighted by Crippen LogP contribution is 2.27. The second-order valence-corrected chi connectivity index (χ2v) is 6.13. The van der Waals surface area contributed by atoms with Crippen LogP contribution in [0.1, 0.15) is 48.8 Å². The molecule has 0 unspecified atom stereocenters. The van der Waals surface area contributed by atoms with E-state index in [2.05, 4.69) is 45.3 Å². The first-order valence-electron chi connectivity index (χ1n) is 6.74. The lowest BCUT2D eigenvalue weighted by Crippen LogP contribution is -2.47. The van der Waals surface area contributed by atoms with Gasteiger partial charge >= 0.3 is 0 Å². The van der Waals surface area contributed by atoms with Crippen LogP contribution in [0.5, 0.6) is 0 Å². The standard InChI is InChI=1S/C13H21BrN4O/c1-8(2)11-10(14)12(17-16-11)13(19)18-6-4-5-9(7-18)15-3/h8-9,15H,4-7H2,1-3H3,(H,16,17)/t9-/m1/s1. The van der Waals surface area contributed by atoms with Crippen LogP contribution in [0.15, 0.2) is 4.47 Å². The van der Waals surface area contributed by atoms with E-state index in [-0.39, 0.29) is 5.91 Å². The zero-order valence-electron chi connectivity index (χ0n) is 11.7. The van der Waals surface area contributed by atoms with Gasteiger partial charge in [-0.2, -0.15) is 5.10 Å². The molecule has 0 spiro atoms. The number of H-pyrrole nitrogens is 1. The number of hydrogen-bond donors (Lipinski definition) is 2. The van der Waals surface area contributed by atoms with Gasteiger partial charge in [0.1, 0.15) is 0 Å². The van der Waals surface area contributed by atoms with Crippen LogP contribution in [0.2, 0.25) is 0 Å². The van der Waals surface area contributed by atoms with Gasteiger partial charge in [-0.05, 0) is 41.7 Å². The molecule has 1 saturated heterocycles. The van der Waals surface area contributed by atoms with Gasteiger partial charge in [-0.3, -0.25) is 9.89 Å². The second kappa shape index (κ2) is 6.05. The van der Waals surface area contributed by atoms with Gasteiger partial charge in [0, 0.05) is 19.1 Å². The van der Waals surface area contributed by atoms with Gasteiger partial charge in [0.2, 0.25) is 0 Å². The number of likely N-dealkylation sites (N-methyl/N-ethyl adjacent to an activating group) is 1. The first-order valence-corrected chi connectivity index (χ1v) is 7.54. The minimum atomic E-state index is 0.00924. The number of aromatic nitrogens is 2. The predicted molar refractivity (Wildman–Crippen MR) is 78.4 cm³/mol. The number of piperidine rings is 1. The zero-order chi connectivity index (χ0) is 14.0. The summed E-state index contributed by atoms with van der Waals surface area (Å²) < 4.78 is 0.805. The topological polar surface area (TPSA) is 61.0 Å². The van der Waals surface area contributed by atoms with Gasteiger partial charge in [-0.1, -0.05) is 13.8 Å². The largest absolute Gasteiger partial charge is 0.336 e. The number of carbonyl (C=O) groups is 1.